The fourth-order valence-corrected chi connectivity index (χ4v) is 3.06. The molecule has 0 aromatic heterocycles. The zero-order valence-electron chi connectivity index (χ0n) is 15.2. The highest BCUT2D eigenvalue weighted by molar-refractivity contribution is 7.80. The van der Waals surface area contributed by atoms with E-state index in [0.29, 0.717) is 12.1 Å². The predicted octanol–water partition coefficient (Wildman–Crippen LogP) is 3.43. The summed E-state index contributed by atoms with van der Waals surface area (Å²) in [5.74, 6) is 0.125. The average molecular weight is 397 g/mol. The topological polar surface area (TPSA) is 99.9 Å². The van der Waals surface area contributed by atoms with Gasteiger partial charge in [-0.15, -0.1) is 0 Å². The van der Waals surface area contributed by atoms with Gasteiger partial charge in [0.15, 0.2) is 5.11 Å². The van der Waals surface area contributed by atoms with Crippen LogP contribution in [-0.4, -0.2) is 28.2 Å². The molecule has 1 amide bonds. The summed E-state index contributed by atoms with van der Waals surface area (Å²) in [4.78, 5) is 24.3. The van der Waals surface area contributed by atoms with Gasteiger partial charge in [-0.3, -0.25) is 20.3 Å². The van der Waals surface area contributed by atoms with Crippen molar-refractivity contribution in [1.29, 1.82) is 0 Å². The number of para-hydroxylation sites is 2. The molecule has 1 saturated heterocycles. The van der Waals surface area contributed by atoms with E-state index < -0.39 is 4.92 Å². The number of hydrazone groups is 1. The van der Waals surface area contributed by atoms with Gasteiger partial charge in [0.05, 0.1) is 10.6 Å². The molecule has 0 aliphatic carbocycles. The number of thiocarbonyl (C=S) groups is 1. The van der Waals surface area contributed by atoms with Crippen molar-refractivity contribution in [2.75, 3.05) is 16.8 Å². The summed E-state index contributed by atoms with van der Waals surface area (Å²) in [6, 6.07) is 13.8. The minimum atomic E-state index is -0.482. The van der Waals surface area contributed by atoms with Crippen molar-refractivity contribution in [3.8, 4) is 0 Å². The van der Waals surface area contributed by atoms with Crippen LogP contribution in [0.3, 0.4) is 0 Å². The Morgan fingerprint density at radius 2 is 2.04 bits per heavy atom. The number of anilines is 2. The average Bonchev–Trinajstić information content (AvgIpc) is 3.12. The molecule has 144 valence electrons. The molecule has 2 aromatic carbocycles. The maximum atomic E-state index is 11.9. The molecule has 2 aromatic rings. The van der Waals surface area contributed by atoms with E-state index in [-0.39, 0.29) is 22.4 Å². The summed E-state index contributed by atoms with van der Waals surface area (Å²) >= 11 is 5.17. The molecule has 8 nitrogen and oxygen atoms in total. The third-order valence-electron chi connectivity index (χ3n) is 4.32. The molecule has 0 saturated carbocycles. The Balaban J connectivity index is 1.68. The minimum absolute atomic E-state index is 0.0738. The Hall–Kier alpha value is -3.33. The molecular weight excluding hydrogens is 378 g/mol. The lowest BCUT2D eigenvalue weighted by molar-refractivity contribution is -0.383. The van der Waals surface area contributed by atoms with Crippen LogP contribution in [0.25, 0.3) is 0 Å². The number of carbonyl (C=O) groups is 1. The lowest BCUT2D eigenvalue weighted by Crippen LogP contribution is -2.25. The molecule has 28 heavy (non-hydrogen) atoms. The fourth-order valence-electron chi connectivity index (χ4n) is 2.91. The van der Waals surface area contributed by atoms with Gasteiger partial charge in [-0.2, -0.15) is 5.10 Å². The molecule has 3 rings (SSSR count). The third kappa shape index (κ3) is 4.49. The molecule has 0 bridgehead atoms. The standard InChI is InChI=1S/C19H19N5O3S/c1-13(14-6-4-7-15(12-14)23-11-5-10-18(23)25)21-22-19(28)20-16-8-2-3-9-17(16)24(26)27/h2-4,6-9,12H,5,10-11H2,1H3,(H2,20,22,28)/b21-13-. The molecule has 1 fully saturated rings. The zero-order chi connectivity index (χ0) is 20.1. The van der Waals surface area contributed by atoms with Crippen LogP contribution in [0.4, 0.5) is 17.1 Å². The second kappa shape index (κ2) is 8.57. The lowest BCUT2D eigenvalue weighted by atomic mass is 10.1. The number of carbonyl (C=O) groups excluding carboxylic acids is 1. The van der Waals surface area contributed by atoms with Crippen LogP contribution in [0.15, 0.2) is 53.6 Å². The maximum absolute atomic E-state index is 11.9. The van der Waals surface area contributed by atoms with Crippen molar-refractivity contribution in [3.63, 3.8) is 0 Å². The first-order valence-corrected chi connectivity index (χ1v) is 9.12. The molecule has 0 spiro atoms. The number of hydrogen-bond donors (Lipinski definition) is 2. The largest absolute Gasteiger partial charge is 0.326 e. The molecule has 0 radical (unpaired) electrons. The van der Waals surface area contributed by atoms with Crippen molar-refractivity contribution in [2.24, 2.45) is 5.10 Å². The van der Waals surface area contributed by atoms with Crippen LogP contribution < -0.4 is 15.6 Å². The van der Waals surface area contributed by atoms with Crippen LogP contribution in [-0.2, 0) is 4.79 Å². The number of nitro benzene ring substituents is 1. The number of nitrogens with one attached hydrogen (secondary N) is 2. The normalized spacial score (nSPS) is 14.1. The van der Waals surface area contributed by atoms with Crippen molar-refractivity contribution in [1.82, 2.24) is 5.43 Å². The second-order valence-electron chi connectivity index (χ2n) is 6.24. The summed E-state index contributed by atoms with van der Waals surface area (Å²) < 4.78 is 0. The Bertz CT molecular complexity index is 960. The molecule has 0 atom stereocenters. The highest BCUT2D eigenvalue weighted by atomic mass is 32.1. The molecule has 1 heterocycles. The number of amides is 1. The Morgan fingerprint density at radius 3 is 2.75 bits per heavy atom. The Kier molecular flexibility index (Phi) is 5.95. The molecule has 1 aliphatic heterocycles. The molecule has 1 aliphatic rings. The van der Waals surface area contributed by atoms with Gasteiger partial charge in [0.1, 0.15) is 5.69 Å². The molecule has 9 heteroatoms. The highest BCUT2D eigenvalue weighted by Gasteiger charge is 2.21. The van der Waals surface area contributed by atoms with Gasteiger partial charge in [0.25, 0.3) is 5.69 Å². The first-order chi connectivity index (χ1) is 13.5. The van der Waals surface area contributed by atoms with Crippen LogP contribution in [0.2, 0.25) is 0 Å². The Morgan fingerprint density at radius 1 is 1.25 bits per heavy atom. The smallest absolute Gasteiger partial charge is 0.292 e. The van der Waals surface area contributed by atoms with Gasteiger partial charge < -0.3 is 10.2 Å². The SMILES string of the molecule is C/C(=N/NC(=S)Nc1ccccc1[N+](=O)[O-])c1cccc(N2CCCC2=O)c1. The van der Waals surface area contributed by atoms with Crippen molar-refractivity contribution in [2.45, 2.75) is 19.8 Å². The quantitative estimate of drug-likeness (QED) is 0.347. The van der Waals surface area contributed by atoms with Crippen LogP contribution in [0.5, 0.6) is 0 Å². The van der Waals surface area contributed by atoms with E-state index in [4.69, 9.17) is 12.2 Å². The number of rotatable bonds is 5. The summed E-state index contributed by atoms with van der Waals surface area (Å²) in [6.45, 7) is 2.53. The first-order valence-electron chi connectivity index (χ1n) is 8.71. The van der Waals surface area contributed by atoms with Gasteiger partial charge in [0, 0.05) is 24.7 Å². The van der Waals surface area contributed by atoms with Crippen LogP contribution >= 0.6 is 12.2 Å². The highest BCUT2D eigenvalue weighted by Crippen LogP contribution is 2.23. The predicted molar refractivity (Wildman–Crippen MR) is 113 cm³/mol. The summed E-state index contributed by atoms with van der Waals surface area (Å²) in [6.07, 6.45) is 1.44. The summed E-state index contributed by atoms with van der Waals surface area (Å²) in [5.41, 5.74) is 5.26. The maximum Gasteiger partial charge on any atom is 0.292 e. The Labute approximate surface area is 167 Å². The van der Waals surface area contributed by atoms with E-state index in [1.165, 1.54) is 6.07 Å². The zero-order valence-corrected chi connectivity index (χ0v) is 16.0. The summed E-state index contributed by atoms with van der Waals surface area (Å²) in [5, 5.41) is 18.2. The van der Waals surface area contributed by atoms with E-state index >= 15 is 0 Å². The van der Waals surface area contributed by atoms with Gasteiger partial charge in [0.2, 0.25) is 5.91 Å². The van der Waals surface area contributed by atoms with E-state index in [1.54, 1.807) is 23.1 Å². The van der Waals surface area contributed by atoms with Crippen molar-refractivity contribution < 1.29 is 9.72 Å². The van der Waals surface area contributed by atoms with Gasteiger partial charge in [-0.05, 0) is 49.3 Å². The van der Waals surface area contributed by atoms with E-state index in [2.05, 4.69) is 15.8 Å². The van der Waals surface area contributed by atoms with E-state index in [9.17, 15) is 14.9 Å². The molecule has 0 unspecified atom stereocenters. The van der Waals surface area contributed by atoms with Gasteiger partial charge >= 0.3 is 0 Å². The number of nitrogens with zero attached hydrogens (tertiary/aromatic N) is 3. The number of benzene rings is 2. The van der Waals surface area contributed by atoms with E-state index in [1.807, 2.05) is 31.2 Å². The monoisotopic (exact) mass is 397 g/mol. The lowest BCUT2D eigenvalue weighted by Gasteiger charge is -2.16. The van der Waals surface area contributed by atoms with Gasteiger partial charge in [-0.1, -0.05) is 24.3 Å². The number of nitro groups is 1. The van der Waals surface area contributed by atoms with E-state index in [0.717, 1.165) is 24.2 Å². The minimum Gasteiger partial charge on any atom is -0.326 e. The van der Waals surface area contributed by atoms with Gasteiger partial charge in [-0.25, -0.2) is 0 Å². The molecular formula is C19H19N5O3S. The third-order valence-corrected chi connectivity index (χ3v) is 4.52. The number of hydrogen-bond acceptors (Lipinski definition) is 5. The van der Waals surface area contributed by atoms with Crippen LogP contribution in [0.1, 0.15) is 25.3 Å². The second-order valence-corrected chi connectivity index (χ2v) is 6.64. The fraction of sp³-hybridized carbons (Fsp3) is 0.211. The van der Waals surface area contributed by atoms with Crippen LogP contribution in [0, 0.1) is 10.1 Å². The summed E-state index contributed by atoms with van der Waals surface area (Å²) in [7, 11) is 0. The van der Waals surface area contributed by atoms with Crippen molar-refractivity contribution >= 4 is 46.0 Å². The first kappa shape index (κ1) is 19.4. The van der Waals surface area contributed by atoms with Crippen molar-refractivity contribution in [3.05, 3.63) is 64.2 Å². The molecule has 2 N–H and O–H groups in total.